The molecule has 0 heterocycles. The van der Waals surface area contributed by atoms with Gasteiger partial charge in [0.25, 0.3) is 0 Å². The van der Waals surface area contributed by atoms with Crippen LogP contribution in [0, 0.1) is 0 Å². The summed E-state index contributed by atoms with van der Waals surface area (Å²) in [5, 5.41) is 0. The Hall–Kier alpha value is -1.05. The van der Waals surface area contributed by atoms with Crippen molar-refractivity contribution < 1.29 is 9.53 Å². The molecule has 0 atom stereocenters. The molecule has 0 radical (unpaired) electrons. The van der Waals surface area contributed by atoms with Crippen molar-refractivity contribution in [2.75, 3.05) is 6.61 Å². The predicted octanol–water partition coefficient (Wildman–Crippen LogP) is 4.80. The van der Waals surface area contributed by atoms with Crippen molar-refractivity contribution >= 4 is 5.97 Å². The first-order valence-electron chi connectivity index (χ1n) is 7.20. The molecule has 0 spiro atoms. The Labute approximate surface area is 112 Å². The van der Waals surface area contributed by atoms with Crippen LogP contribution in [-0.4, -0.2) is 12.6 Å². The van der Waals surface area contributed by atoms with E-state index in [1.54, 1.807) is 0 Å². The second kappa shape index (κ2) is 14.0. The number of ether oxygens (including phenoxy) is 1. The third kappa shape index (κ3) is 14.9. The van der Waals surface area contributed by atoms with Crippen molar-refractivity contribution in [3.63, 3.8) is 0 Å². The maximum atomic E-state index is 10.5. The number of carbonyl (C=O) groups is 1. The zero-order valence-electron chi connectivity index (χ0n) is 12.0. The van der Waals surface area contributed by atoms with Crippen LogP contribution in [0.5, 0.6) is 0 Å². The van der Waals surface area contributed by atoms with E-state index in [1.807, 2.05) is 0 Å². The molecule has 104 valence electrons. The van der Waals surface area contributed by atoms with Crippen LogP contribution in [0.1, 0.15) is 65.2 Å². The first-order valence-corrected chi connectivity index (χ1v) is 7.20. The van der Waals surface area contributed by atoms with Gasteiger partial charge in [-0.2, -0.15) is 0 Å². The smallest absolute Gasteiger partial charge is 0.302 e. The maximum Gasteiger partial charge on any atom is 0.302 e. The van der Waals surface area contributed by atoms with Crippen LogP contribution in [-0.2, 0) is 9.53 Å². The van der Waals surface area contributed by atoms with Crippen molar-refractivity contribution in [3.05, 3.63) is 24.3 Å². The number of hydrogen-bond donors (Lipinski definition) is 0. The molecule has 0 saturated carbocycles. The van der Waals surface area contributed by atoms with Crippen LogP contribution in [0.3, 0.4) is 0 Å². The van der Waals surface area contributed by atoms with E-state index < -0.39 is 0 Å². The Kier molecular flexibility index (Phi) is 13.2. The van der Waals surface area contributed by atoms with E-state index in [9.17, 15) is 4.79 Å². The van der Waals surface area contributed by atoms with E-state index in [0.29, 0.717) is 6.61 Å². The quantitative estimate of drug-likeness (QED) is 0.300. The van der Waals surface area contributed by atoms with Crippen LogP contribution in [0.2, 0.25) is 0 Å². The average Bonchev–Trinajstić information content (AvgIpc) is 2.34. The van der Waals surface area contributed by atoms with Crippen LogP contribution in [0.4, 0.5) is 0 Å². The molecule has 0 aromatic heterocycles. The highest BCUT2D eigenvalue weighted by Gasteiger charge is 1.92. The molecule has 0 unspecified atom stereocenters. The number of carbonyl (C=O) groups excluding carboxylic acids is 1. The van der Waals surface area contributed by atoms with E-state index in [-0.39, 0.29) is 5.97 Å². The summed E-state index contributed by atoms with van der Waals surface area (Å²) < 4.78 is 4.87. The summed E-state index contributed by atoms with van der Waals surface area (Å²) in [6.45, 7) is 4.20. The van der Waals surface area contributed by atoms with E-state index in [1.165, 1.54) is 26.2 Å². The lowest BCUT2D eigenvalue weighted by atomic mass is 10.1. The zero-order valence-corrected chi connectivity index (χ0v) is 12.0. The molecule has 0 amide bonds. The number of unbranched alkanes of at least 4 members (excludes halogenated alkanes) is 5. The summed E-state index contributed by atoms with van der Waals surface area (Å²) in [5.74, 6) is -0.171. The standard InChI is InChI=1S/C16H28O2/c1-3-4-5-6-7-8-9-10-11-12-13-14-15-18-16(2)17/h4-5,8-9H,3,6-7,10-15H2,1-2H3/b5-4?,9-8+. The highest BCUT2D eigenvalue weighted by Crippen LogP contribution is 2.05. The highest BCUT2D eigenvalue weighted by atomic mass is 16.5. The Balaban J connectivity index is 3.12. The average molecular weight is 252 g/mol. The van der Waals surface area contributed by atoms with Gasteiger partial charge in [0.1, 0.15) is 0 Å². The molecule has 2 nitrogen and oxygen atoms in total. The number of rotatable bonds is 11. The van der Waals surface area contributed by atoms with Gasteiger partial charge >= 0.3 is 5.97 Å². The predicted molar refractivity (Wildman–Crippen MR) is 77.5 cm³/mol. The van der Waals surface area contributed by atoms with Crippen molar-refractivity contribution in [2.45, 2.75) is 65.2 Å². The molecule has 0 aromatic rings. The minimum Gasteiger partial charge on any atom is -0.466 e. The first-order chi connectivity index (χ1) is 8.77. The van der Waals surface area contributed by atoms with Gasteiger partial charge < -0.3 is 4.74 Å². The minimum absolute atomic E-state index is 0.171. The van der Waals surface area contributed by atoms with Gasteiger partial charge in [-0.05, 0) is 38.5 Å². The largest absolute Gasteiger partial charge is 0.466 e. The van der Waals surface area contributed by atoms with Gasteiger partial charge in [0.05, 0.1) is 6.61 Å². The fourth-order valence-corrected chi connectivity index (χ4v) is 1.65. The third-order valence-electron chi connectivity index (χ3n) is 2.64. The number of hydrogen-bond acceptors (Lipinski definition) is 2. The van der Waals surface area contributed by atoms with Crippen LogP contribution >= 0.6 is 0 Å². The second-order valence-electron chi connectivity index (χ2n) is 4.47. The van der Waals surface area contributed by atoms with Gasteiger partial charge in [0.2, 0.25) is 0 Å². The van der Waals surface area contributed by atoms with Gasteiger partial charge in [-0.15, -0.1) is 0 Å². The SMILES string of the molecule is CCC=CCC/C=C/CCCCCCOC(C)=O. The van der Waals surface area contributed by atoms with E-state index in [4.69, 9.17) is 4.74 Å². The van der Waals surface area contributed by atoms with Crippen LogP contribution < -0.4 is 0 Å². The molecular weight excluding hydrogens is 224 g/mol. The van der Waals surface area contributed by atoms with Crippen molar-refractivity contribution in [1.82, 2.24) is 0 Å². The molecule has 0 aliphatic heterocycles. The molecule has 0 bridgehead atoms. The number of esters is 1. The molecule has 0 saturated heterocycles. The molecule has 0 aliphatic carbocycles. The Morgan fingerprint density at radius 2 is 1.50 bits per heavy atom. The fraction of sp³-hybridized carbons (Fsp3) is 0.688. The van der Waals surface area contributed by atoms with Gasteiger partial charge in [-0.25, -0.2) is 0 Å². The van der Waals surface area contributed by atoms with Gasteiger partial charge in [-0.3, -0.25) is 4.79 Å². The molecular formula is C16H28O2. The molecule has 0 aliphatic rings. The van der Waals surface area contributed by atoms with Crippen LogP contribution in [0.25, 0.3) is 0 Å². The van der Waals surface area contributed by atoms with Gasteiger partial charge in [-0.1, -0.05) is 44.1 Å². The van der Waals surface area contributed by atoms with E-state index in [2.05, 4.69) is 31.2 Å². The Morgan fingerprint density at radius 1 is 0.889 bits per heavy atom. The molecule has 18 heavy (non-hydrogen) atoms. The molecule has 2 heteroatoms. The molecule has 0 fully saturated rings. The lowest BCUT2D eigenvalue weighted by Crippen LogP contribution is -1.99. The summed E-state index contributed by atoms with van der Waals surface area (Å²) in [7, 11) is 0. The van der Waals surface area contributed by atoms with E-state index >= 15 is 0 Å². The summed E-state index contributed by atoms with van der Waals surface area (Å²) in [6, 6.07) is 0. The fourth-order valence-electron chi connectivity index (χ4n) is 1.65. The number of allylic oxidation sites excluding steroid dienone is 4. The molecule has 0 N–H and O–H groups in total. The van der Waals surface area contributed by atoms with Gasteiger partial charge in [0.15, 0.2) is 0 Å². The highest BCUT2D eigenvalue weighted by molar-refractivity contribution is 5.65. The third-order valence-corrected chi connectivity index (χ3v) is 2.64. The summed E-state index contributed by atoms with van der Waals surface area (Å²) in [6.07, 6.45) is 18.3. The monoisotopic (exact) mass is 252 g/mol. The van der Waals surface area contributed by atoms with Crippen molar-refractivity contribution in [3.8, 4) is 0 Å². The van der Waals surface area contributed by atoms with Crippen molar-refractivity contribution in [2.24, 2.45) is 0 Å². The van der Waals surface area contributed by atoms with Crippen molar-refractivity contribution in [1.29, 1.82) is 0 Å². The molecule has 0 aromatic carbocycles. The summed E-state index contributed by atoms with van der Waals surface area (Å²) in [5.41, 5.74) is 0. The lowest BCUT2D eigenvalue weighted by Gasteiger charge is -2.00. The Morgan fingerprint density at radius 3 is 2.17 bits per heavy atom. The van der Waals surface area contributed by atoms with E-state index in [0.717, 1.165) is 32.1 Å². The zero-order chi connectivity index (χ0) is 13.5. The summed E-state index contributed by atoms with van der Waals surface area (Å²) in [4.78, 5) is 10.5. The normalized spacial score (nSPS) is 11.4. The topological polar surface area (TPSA) is 26.3 Å². The lowest BCUT2D eigenvalue weighted by molar-refractivity contribution is -0.141. The first kappa shape index (κ1) is 16.9. The molecule has 0 rings (SSSR count). The summed E-state index contributed by atoms with van der Waals surface area (Å²) >= 11 is 0. The van der Waals surface area contributed by atoms with Crippen LogP contribution in [0.15, 0.2) is 24.3 Å². The Bertz CT molecular complexity index is 241. The maximum absolute atomic E-state index is 10.5. The minimum atomic E-state index is -0.171. The second-order valence-corrected chi connectivity index (χ2v) is 4.47. The van der Waals surface area contributed by atoms with Gasteiger partial charge in [0, 0.05) is 6.92 Å².